The minimum absolute atomic E-state index is 0. The fraction of sp³-hybridized carbons (Fsp3) is 0. The van der Waals surface area contributed by atoms with Gasteiger partial charge >= 0.3 is 11.9 Å². The van der Waals surface area contributed by atoms with Gasteiger partial charge in [-0.05, 0) is 12.1 Å². The van der Waals surface area contributed by atoms with E-state index in [0.717, 1.165) is 36.4 Å². The number of aromatic hydroxyl groups is 4. The summed E-state index contributed by atoms with van der Waals surface area (Å²) >= 11 is 0. The van der Waals surface area contributed by atoms with E-state index in [0.29, 0.717) is 11.1 Å². The van der Waals surface area contributed by atoms with E-state index in [9.17, 15) is 40.7 Å². The van der Waals surface area contributed by atoms with Crippen molar-refractivity contribution in [2.24, 2.45) is 20.5 Å². The van der Waals surface area contributed by atoms with E-state index in [1.807, 2.05) is 12.1 Å². The number of non-ortho nitro benzene ring substituents is 2. The Hall–Kier alpha value is -6.99. The van der Waals surface area contributed by atoms with Gasteiger partial charge in [0.15, 0.2) is 11.4 Å². The van der Waals surface area contributed by atoms with Crippen LogP contribution in [0.4, 0.5) is 34.1 Å². The average Bonchev–Trinajstić information content (AvgIpc) is 3.65. The summed E-state index contributed by atoms with van der Waals surface area (Å²) in [6, 6.07) is 24.3. The van der Waals surface area contributed by atoms with Gasteiger partial charge < -0.3 is 29.5 Å². The Morgan fingerprint density at radius 3 is 1.27 bits per heavy atom. The molecule has 0 fully saturated rings. The van der Waals surface area contributed by atoms with Crippen molar-refractivity contribution in [3.63, 3.8) is 0 Å². The zero-order chi connectivity index (χ0) is 34.2. The molecule has 6 aromatic rings. The minimum atomic E-state index is -0.620. The van der Waals surface area contributed by atoms with Crippen molar-refractivity contribution in [2.75, 3.05) is 0 Å². The Labute approximate surface area is 283 Å². The first-order valence-electron chi connectivity index (χ1n) is 13.4. The molecule has 2 heterocycles. The van der Waals surface area contributed by atoms with Crippen LogP contribution in [0.2, 0.25) is 0 Å². The molecule has 0 atom stereocenters. The van der Waals surface area contributed by atoms with Gasteiger partial charge in [0.25, 0.3) is 11.4 Å². The van der Waals surface area contributed by atoms with Gasteiger partial charge in [0.2, 0.25) is 0 Å². The van der Waals surface area contributed by atoms with E-state index < -0.39 is 21.7 Å². The van der Waals surface area contributed by atoms with Crippen molar-refractivity contribution >= 4 is 34.1 Å². The summed E-state index contributed by atoms with van der Waals surface area (Å²) < 4.78 is 9.42. The predicted octanol–water partition coefficient (Wildman–Crippen LogP) is 8.15. The maximum Gasteiger partial charge on any atom is 0.337 e. The molecule has 0 aliphatic carbocycles. The molecule has 2 aromatic heterocycles. The topological polar surface area (TPSA) is 269 Å². The summed E-state index contributed by atoms with van der Waals surface area (Å²) in [6.07, 6.45) is 0. The van der Waals surface area contributed by atoms with E-state index in [1.54, 1.807) is 48.5 Å². The predicted molar refractivity (Wildman–Crippen MR) is 165 cm³/mol. The molecule has 0 unspecified atom stereocenters. The number of aromatic nitrogens is 2. The smallest absolute Gasteiger partial charge is 0.337 e. The summed E-state index contributed by atoms with van der Waals surface area (Å²) in [7, 11) is 0. The molecular weight excluding hydrogens is 691 g/mol. The third kappa shape index (κ3) is 8.24. The molecule has 19 heteroatoms. The first-order chi connectivity index (χ1) is 23.1. The third-order valence-electron chi connectivity index (χ3n) is 6.25. The number of benzene rings is 4. The van der Waals surface area contributed by atoms with E-state index >= 15 is 0 Å². The molecular formula is C30H20CoN8O10. The van der Waals surface area contributed by atoms with Crippen LogP contribution < -0.4 is 0 Å². The molecule has 0 bridgehead atoms. The van der Waals surface area contributed by atoms with E-state index in [-0.39, 0.29) is 73.8 Å². The van der Waals surface area contributed by atoms with Crippen LogP contribution in [0.25, 0.3) is 22.5 Å². The van der Waals surface area contributed by atoms with Crippen LogP contribution in [0.5, 0.6) is 23.4 Å². The normalized spacial score (nSPS) is 10.8. The summed E-state index contributed by atoms with van der Waals surface area (Å²) in [5.74, 6) is -1.69. The van der Waals surface area contributed by atoms with Crippen LogP contribution in [0.1, 0.15) is 0 Å². The number of nitro groups is 2. The number of rotatable bonds is 8. The Morgan fingerprint density at radius 2 is 0.918 bits per heavy atom. The van der Waals surface area contributed by atoms with Crippen molar-refractivity contribution in [3.8, 4) is 45.9 Å². The third-order valence-corrected chi connectivity index (χ3v) is 6.25. The number of nitrogens with zero attached hydrogens (tertiary/aromatic N) is 8. The standard InChI is InChI=1S/2C15H10N4O5.Co/c2*20-12-7-6-10(19(22)23)8-11(12)16-17-14-13(18-24-15(14)21)9-4-2-1-3-5-9;/h2*1-8,20-21H;. The number of phenolic OH excluding ortho intramolecular Hbond substituents is 2. The van der Waals surface area contributed by atoms with E-state index in [4.69, 9.17) is 9.05 Å². The number of hydrogen-bond donors (Lipinski definition) is 4. The van der Waals surface area contributed by atoms with Crippen LogP contribution >= 0.6 is 0 Å². The van der Waals surface area contributed by atoms with E-state index in [2.05, 4.69) is 30.8 Å². The molecule has 0 saturated heterocycles. The second-order valence-corrected chi connectivity index (χ2v) is 9.36. The zero-order valence-corrected chi connectivity index (χ0v) is 25.4. The summed E-state index contributed by atoms with van der Waals surface area (Å²) in [6.45, 7) is 0. The molecule has 0 aliphatic heterocycles. The molecule has 249 valence electrons. The SMILES string of the molecule is O=[N+]([O-])c1ccc(O)c(N=Nc2c(-c3ccccc3)noc2O)c1.O=[N+]([O-])c1ccc(O)c(N=Nc2c(-c3ccccc3)noc2O)c1.[Co]. The second-order valence-electron chi connectivity index (χ2n) is 9.36. The van der Waals surface area contributed by atoms with Gasteiger partial charge in [0, 0.05) is 52.2 Å². The minimum Gasteiger partial charge on any atom is -0.506 e. The maximum absolute atomic E-state index is 10.8. The van der Waals surface area contributed by atoms with Gasteiger partial charge in [-0.25, -0.2) is 0 Å². The van der Waals surface area contributed by atoms with Gasteiger partial charge in [-0.2, -0.15) is 0 Å². The van der Waals surface area contributed by atoms with Gasteiger partial charge in [-0.1, -0.05) is 71.0 Å². The molecule has 0 aliphatic rings. The molecule has 4 aromatic carbocycles. The molecule has 4 N–H and O–H groups in total. The van der Waals surface area contributed by atoms with Crippen molar-refractivity contribution in [1.82, 2.24) is 10.3 Å². The molecule has 18 nitrogen and oxygen atoms in total. The van der Waals surface area contributed by atoms with Gasteiger partial charge in [-0.15, -0.1) is 20.5 Å². The number of azo groups is 2. The van der Waals surface area contributed by atoms with Crippen LogP contribution in [0, 0.1) is 20.2 Å². The molecule has 0 saturated carbocycles. The molecule has 6 rings (SSSR count). The maximum atomic E-state index is 10.8. The average molecular weight is 711 g/mol. The first-order valence-corrected chi connectivity index (χ1v) is 13.4. The first kappa shape index (κ1) is 34.9. The van der Waals surface area contributed by atoms with Gasteiger partial charge in [0.05, 0.1) is 9.85 Å². The summed E-state index contributed by atoms with van der Waals surface area (Å²) in [4.78, 5) is 20.3. The van der Waals surface area contributed by atoms with Crippen LogP contribution in [0.15, 0.2) is 127 Å². The fourth-order valence-electron chi connectivity index (χ4n) is 3.92. The summed E-state index contributed by atoms with van der Waals surface area (Å²) in [5, 5.41) is 83.0. The van der Waals surface area contributed by atoms with Gasteiger partial charge in [-0.3, -0.25) is 20.2 Å². The zero-order valence-electron chi connectivity index (χ0n) is 24.4. The van der Waals surface area contributed by atoms with Crippen molar-refractivity contribution in [3.05, 3.63) is 117 Å². The molecule has 0 amide bonds. The quantitative estimate of drug-likeness (QED) is 0.0661. The van der Waals surface area contributed by atoms with Crippen LogP contribution in [-0.2, 0) is 16.8 Å². The van der Waals surface area contributed by atoms with Crippen molar-refractivity contribution in [1.29, 1.82) is 0 Å². The Morgan fingerprint density at radius 1 is 0.551 bits per heavy atom. The Kier molecular flexibility index (Phi) is 11.1. The number of phenols is 2. The molecule has 1 radical (unpaired) electrons. The second kappa shape index (κ2) is 15.5. The largest absolute Gasteiger partial charge is 0.506 e. The molecule has 49 heavy (non-hydrogen) atoms. The Bertz CT molecular complexity index is 2000. The van der Waals surface area contributed by atoms with Crippen LogP contribution in [-0.4, -0.2) is 40.6 Å². The van der Waals surface area contributed by atoms with Crippen molar-refractivity contribution in [2.45, 2.75) is 0 Å². The molecule has 0 spiro atoms. The van der Waals surface area contributed by atoms with E-state index in [1.165, 1.54) is 0 Å². The van der Waals surface area contributed by atoms with Crippen molar-refractivity contribution < 1.29 is 56.1 Å². The monoisotopic (exact) mass is 711 g/mol. The number of nitro benzene ring substituents is 2. The number of hydrogen-bond acceptors (Lipinski definition) is 16. The van der Waals surface area contributed by atoms with Crippen LogP contribution in [0.3, 0.4) is 0 Å². The van der Waals surface area contributed by atoms with Gasteiger partial charge in [0.1, 0.15) is 34.3 Å². The summed E-state index contributed by atoms with van der Waals surface area (Å²) in [5.41, 5.74) is 0.937. The fourth-order valence-corrected chi connectivity index (χ4v) is 3.92. The Balaban J connectivity index is 0.000000216.